The number of fused-ring (bicyclic) bond motifs is 3. The van der Waals surface area contributed by atoms with Crippen LogP contribution in [0.3, 0.4) is 0 Å². The maximum atomic E-state index is 12.9. The molecule has 2 unspecified atom stereocenters. The Bertz CT molecular complexity index is 867. The lowest BCUT2D eigenvalue weighted by molar-refractivity contribution is 0.0935. The highest BCUT2D eigenvalue weighted by molar-refractivity contribution is 7.16. The van der Waals surface area contributed by atoms with E-state index in [0.717, 1.165) is 35.4 Å². The van der Waals surface area contributed by atoms with Crippen LogP contribution in [-0.4, -0.2) is 27.2 Å². The monoisotopic (exact) mass is 388 g/mol. The Morgan fingerprint density at radius 2 is 1.78 bits per heavy atom. The van der Waals surface area contributed by atoms with E-state index in [0.29, 0.717) is 23.2 Å². The number of methoxy groups -OCH3 is 3. The average Bonchev–Trinajstić information content (AvgIpc) is 3.04. The van der Waals surface area contributed by atoms with E-state index in [2.05, 4.69) is 17.6 Å². The van der Waals surface area contributed by atoms with Gasteiger partial charge >= 0.3 is 0 Å². The Balaban J connectivity index is 1.71. The summed E-state index contributed by atoms with van der Waals surface area (Å²) in [5, 5.41) is 7.53. The van der Waals surface area contributed by atoms with Crippen LogP contribution in [-0.2, 0) is 12.8 Å². The van der Waals surface area contributed by atoms with Crippen LogP contribution in [0.25, 0.3) is 0 Å². The van der Waals surface area contributed by atoms with Gasteiger partial charge in [0.1, 0.15) is 11.2 Å². The number of anilines is 1. The molecule has 0 spiro atoms. The number of benzene rings is 1. The minimum atomic E-state index is -0.351. The van der Waals surface area contributed by atoms with Crippen molar-refractivity contribution in [3.05, 3.63) is 33.7 Å². The molecular weight excluding hydrogens is 364 g/mol. The molecule has 7 heteroatoms. The minimum Gasteiger partial charge on any atom is -0.493 e. The van der Waals surface area contributed by atoms with Gasteiger partial charge in [-0.15, -0.1) is 11.3 Å². The van der Waals surface area contributed by atoms with Gasteiger partial charge in [-0.25, -0.2) is 0 Å². The summed E-state index contributed by atoms with van der Waals surface area (Å²) < 4.78 is 16.3. The molecule has 0 bridgehead atoms. The number of thiophene rings is 1. The van der Waals surface area contributed by atoms with Crippen molar-refractivity contribution in [2.75, 3.05) is 26.6 Å². The lowest BCUT2D eigenvalue weighted by Crippen LogP contribution is -2.38. The van der Waals surface area contributed by atoms with E-state index in [9.17, 15) is 4.79 Å². The highest BCUT2D eigenvalue weighted by Crippen LogP contribution is 2.44. The lowest BCUT2D eigenvalue weighted by Gasteiger charge is -2.28. The number of rotatable bonds is 4. The number of hydrogen-bond donors (Lipinski definition) is 2. The number of carbonyl (C=O) groups excluding carboxylic acids is 1. The van der Waals surface area contributed by atoms with E-state index in [4.69, 9.17) is 14.2 Å². The topological polar surface area (TPSA) is 68.8 Å². The van der Waals surface area contributed by atoms with Crippen molar-refractivity contribution in [1.29, 1.82) is 0 Å². The molecule has 2 atom stereocenters. The summed E-state index contributed by atoms with van der Waals surface area (Å²) in [5.41, 5.74) is 2.90. The zero-order chi connectivity index (χ0) is 19.1. The maximum absolute atomic E-state index is 12.9. The summed E-state index contributed by atoms with van der Waals surface area (Å²) in [6.45, 7) is 2.27. The van der Waals surface area contributed by atoms with E-state index < -0.39 is 0 Å². The fourth-order valence-corrected chi connectivity index (χ4v) is 5.33. The van der Waals surface area contributed by atoms with Gasteiger partial charge in [-0.1, -0.05) is 6.92 Å². The van der Waals surface area contributed by atoms with E-state index in [1.165, 1.54) is 10.4 Å². The van der Waals surface area contributed by atoms with E-state index >= 15 is 0 Å². The molecule has 0 saturated heterocycles. The number of carbonyl (C=O) groups is 1. The van der Waals surface area contributed by atoms with Crippen molar-refractivity contribution in [3.63, 3.8) is 0 Å². The third-order valence-electron chi connectivity index (χ3n) is 5.31. The predicted molar refractivity (Wildman–Crippen MR) is 105 cm³/mol. The molecule has 2 aromatic rings. The third kappa shape index (κ3) is 3.00. The van der Waals surface area contributed by atoms with Gasteiger partial charge in [0.15, 0.2) is 11.5 Å². The van der Waals surface area contributed by atoms with Crippen LogP contribution < -0.4 is 24.8 Å². The number of amides is 1. The Hall–Kier alpha value is -2.41. The van der Waals surface area contributed by atoms with Crippen molar-refractivity contribution < 1.29 is 19.0 Å². The van der Waals surface area contributed by atoms with Crippen molar-refractivity contribution in [2.24, 2.45) is 5.92 Å². The van der Waals surface area contributed by atoms with E-state index in [1.54, 1.807) is 32.7 Å². The first-order valence-corrected chi connectivity index (χ1v) is 9.89. The standard InChI is InChI=1S/C20H24N2O4S/c1-10-5-6-12-15(7-10)27-20-16(12)19(23)21-18(22-20)11-8-13(24-2)17(26-4)14(9-11)25-3/h8-10,18,22H,5-7H2,1-4H3,(H,21,23). The quantitative estimate of drug-likeness (QED) is 0.835. The summed E-state index contributed by atoms with van der Waals surface area (Å²) in [6, 6.07) is 3.72. The highest BCUT2D eigenvalue weighted by atomic mass is 32.1. The number of hydrogen-bond acceptors (Lipinski definition) is 6. The Morgan fingerprint density at radius 1 is 1.07 bits per heavy atom. The van der Waals surface area contributed by atoms with Gasteiger partial charge in [-0.05, 0) is 42.9 Å². The van der Waals surface area contributed by atoms with Crippen LogP contribution in [0.5, 0.6) is 17.2 Å². The summed E-state index contributed by atoms with van der Waals surface area (Å²) in [4.78, 5) is 14.2. The fraction of sp³-hybridized carbons (Fsp3) is 0.450. The van der Waals surface area contributed by atoms with Gasteiger partial charge in [0.05, 0.1) is 26.9 Å². The van der Waals surface area contributed by atoms with E-state index in [-0.39, 0.29) is 12.1 Å². The molecular formula is C20H24N2O4S. The Morgan fingerprint density at radius 3 is 2.41 bits per heavy atom. The van der Waals surface area contributed by atoms with Crippen LogP contribution in [0.1, 0.15) is 45.9 Å². The molecule has 27 heavy (non-hydrogen) atoms. The fourth-order valence-electron chi connectivity index (χ4n) is 3.90. The van der Waals surface area contributed by atoms with Crippen LogP contribution >= 0.6 is 11.3 Å². The van der Waals surface area contributed by atoms with Crippen molar-refractivity contribution >= 4 is 22.2 Å². The molecule has 1 aliphatic carbocycles. The number of nitrogens with one attached hydrogen (secondary N) is 2. The molecule has 1 amide bonds. The molecule has 1 aromatic carbocycles. The first kappa shape index (κ1) is 18.0. The van der Waals surface area contributed by atoms with Crippen LogP contribution in [0.15, 0.2) is 12.1 Å². The maximum Gasteiger partial charge on any atom is 0.256 e. The number of ether oxygens (including phenoxy) is 3. The summed E-state index contributed by atoms with van der Waals surface area (Å²) in [6.07, 6.45) is 2.82. The summed E-state index contributed by atoms with van der Waals surface area (Å²) in [7, 11) is 4.74. The summed E-state index contributed by atoms with van der Waals surface area (Å²) >= 11 is 1.71. The SMILES string of the molecule is COc1cc(C2NC(=O)c3c(sc4c3CCC(C)C4)N2)cc(OC)c1OC. The van der Waals surface area contributed by atoms with Gasteiger partial charge < -0.3 is 24.8 Å². The van der Waals surface area contributed by atoms with Gasteiger partial charge in [0, 0.05) is 10.4 Å². The van der Waals surface area contributed by atoms with Crippen LogP contribution in [0.2, 0.25) is 0 Å². The molecule has 2 N–H and O–H groups in total. The zero-order valence-electron chi connectivity index (χ0n) is 16.0. The Kier molecular flexibility index (Phi) is 4.63. The van der Waals surface area contributed by atoms with Crippen molar-refractivity contribution in [2.45, 2.75) is 32.4 Å². The lowest BCUT2D eigenvalue weighted by atomic mass is 9.88. The second-order valence-corrected chi connectivity index (χ2v) is 8.17. The normalized spacial score (nSPS) is 20.8. The minimum absolute atomic E-state index is 0.0189. The largest absolute Gasteiger partial charge is 0.493 e. The van der Waals surface area contributed by atoms with Gasteiger partial charge in [0.2, 0.25) is 5.75 Å². The van der Waals surface area contributed by atoms with Gasteiger partial charge in [-0.2, -0.15) is 0 Å². The van der Waals surface area contributed by atoms with Gasteiger partial charge in [-0.3, -0.25) is 4.79 Å². The molecule has 4 rings (SSSR count). The molecule has 2 heterocycles. The molecule has 0 saturated carbocycles. The van der Waals surface area contributed by atoms with Crippen LogP contribution in [0, 0.1) is 5.92 Å². The zero-order valence-corrected chi connectivity index (χ0v) is 16.8. The first-order chi connectivity index (χ1) is 13.0. The molecule has 144 valence electrons. The molecule has 0 radical (unpaired) electrons. The molecule has 1 aromatic heterocycles. The molecule has 0 fully saturated rings. The smallest absolute Gasteiger partial charge is 0.256 e. The second-order valence-electron chi connectivity index (χ2n) is 7.07. The molecule has 1 aliphatic heterocycles. The first-order valence-electron chi connectivity index (χ1n) is 9.07. The summed E-state index contributed by atoms with van der Waals surface area (Å²) in [5.74, 6) is 2.31. The van der Waals surface area contributed by atoms with E-state index in [1.807, 2.05) is 12.1 Å². The van der Waals surface area contributed by atoms with Crippen molar-refractivity contribution in [3.8, 4) is 17.2 Å². The van der Waals surface area contributed by atoms with Gasteiger partial charge in [0.25, 0.3) is 5.91 Å². The molecule has 6 nitrogen and oxygen atoms in total. The average molecular weight is 388 g/mol. The third-order valence-corrected chi connectivity index (χ3v) is 6.50. The Labute approximate surface area is 162 Å². The second kappa shape index (κ2) is 6.96. The van der Waals surface area contributed by atoms with Crippen molar-refractivity contribution in [1.82, 2.24) is 5.32 Å². The predicted octanol–water partition coefficient (Wildman–Crippen LogP) is 3.75. The molecule has 2 aliphatic rings. The highest BCUT2D eigenvalue weighted by Gasteiger charge is 2.33. The van der Waals surface area contributed by atoms with Crippen LogP contribution in [0.4, 0.5) is 5.00 Å².